The third-order valence-electron chi connectivity index (χ3n) is 5.95. The number of hydrogen-bond acceptors (Lipinski definition) is 6. The first-order chi connectivity index (χ1) is 14.8. The highest BCUT2D eigenvalue weighted by Crippen LogP contribution is 2.33. The largest absolute Gasteiger partial charge is 0.495 e. The fourth-order valence-corrected chi connectivity index (χ4v) is 7.44. The average Bonchev–Trinajstić information content (AvgIpc) is 3.14. The van der Waals surface area contributed by atoms with E-state index in [1.54, 1.807) is 12.1 Å². The number of anilines is 1. The molecule has 2 aromatic rings. The molecule has 0 spiro atoms. The molecule has 1 aromatic heterocycles. The van der Waals surface area contributed by atoms with Gasteiger partial charge in [-0.25, -0.2) is 13.4 Å². The predicted molar refractivity (Wildman–Crippen MR) is 121 cm³/mol. The normalized spacial score (nSPS) is 22.0. The quantitative estimate of drug-likeness (QED) is 0.725. The van der Waals surface area contributed by atoms with Crippen molar-refractivity contribution in [3.63, 3.8) is 0 Å². The monoisotopic (exact) mass is 463 g/mol. The third-order valence-corrected chi connectivity index (χ3v) is 8.87. The molecule has 1 amide bonds. The molecule has 168 valence electrons. The number of piperidine rings is 1. The maximum atomic E-state index is 13.4. The summed E-state index contributed by atoms with van der Waals surface area (Å²) >= 11 is 1.50. The molecule has 0 saturated carbocycles. The van der Waals surface area contributed by atoms with Crippen LogP contribution in [0, 0.1) is 11.8 Å². The van der Waals surface area contributed by atoms with Crippen LogP contribution in [0.25, 0.3) is 0 Å². The highest BCUT2D eigenvalue weighted by atomic mass is 32.2. The van der Waals surface area contributed by atoms with Gasteiger partial charge >= 0.3 is 0 Å². The van der Waals surface area contributed by atoms with E-state index >= 15 is 0 Å². The summed E-state index contributed by atoms with van der Waals surface area (Å²) in [5.41, 5.74) is 1.34. The van der Waals surface area contributed by atoms with Gasteiger partial charge in [-0.05, 0) is 62.1 Å². The first kappa shape index (κ1) is 22.2. The number of nitrogens with one attached hydrogen (secondary N) is 1. The van der Waals surface area contributed by atoms with Crippen molar-refractivity contribution in [1.82, 2.24) is 9.29 Å². The zero-order chi connectivity index (χ0) is 22.2. The van der Waals surface area contributed by atoms with E-state index in [1.165, 1.54) is 33.7 Å². The number of rotatable bonds is 5. The zero-order valence-electron chi connectivity index (χ0n) is 18.2. The Labute approximate surface area is 187 Å². The molecule has 1 aliphatic heterocycles. The Hall–Kier alpha value is -1.97. The number of carbonyl (C=O) groups is 1. The predicted octanol–water partition coefficient (Wildman–Crippen LogP) is 3.95. The van der Waals surface area contributed by atoms with Gasteiger partial charge in [-0.15, -0.1) is 11.3 Å². The van der Waals surface area contributed by atoms with Crippen LogP contribution in [0.5, 0.6) is 5.75 Å². The summed E-state index contributed by atoms with van der Waals surface area (Å²) in [7, 11) is -2.35. The summed E-state index contributed by atoms with van der Waals surface area (Å²) in [6.45, 7) is 5.06. The third kappa shape index (κ3) is 4.63. The summed E-state index contributed by atoms with van der Waals surface area (Å²) in [5.74, 6) is 0.441. The van der Waals surface area contributed by atoms with Crippen molar-refractivity contribution in [3.8, 4) is 5.75 Å². The van der Waals surface area contributed by atoms with Crippen molar-refractivity contribution in [1.29, 1.82) is 0 Å². The van der Waals surface area contributed by atoms with Gasteiger partial charge in [-0.2, -0.15) is 4.31 Å². The molecule has 31 heavy (non-hydrogen) atoms. The molecule has 0 unspecified atom stereocenters. The second-order valence-electron chi connectivity index (χ2n) is 8.68. The lowest BCUT2D eigenvalue weighted by Gasteiger charge is -2.34. The molecule has 9 heteroatoms. The molecule has 4 rings (SSSR count). The first-order valence-corrected chi connectivity index (χ1v) is 13.0. The highest BCUT2D eigenvalue weighted by molar-refractivity contribution is 7.89. The lowest BCUT2D eigenvalue weighted by molar-refractivity contribution is 0.102. The van der Waals surface area contributed by atoms with Crippen LogP contribution in [-0.2, 0) is 22.9 Å². The zero-order valence-corrected chi connectivity index (χ0v) is 19.8. The van der Waals surface area contributed by atoms with Crippen LogP contribution in [0.2, 0.25) is 0 Å². The summed E-state index contributed by atoms with van der Waals surface area (Å²) in [4.78, 5) is 18.7. The molecule has 0 radical (unpaired) electrons. The van der Waals surface area contributed by atoms with Crippen LogP contribution in [0.4, 0.5) is 5.13 Å². The number of thiazole rings is 1. The summed E-state index contributed by atoms with van der Waals surface area (Å²) in [5, 5.41) is 3.41. The molecule has 1 aromatic carbocycles. The molecule has 1 fully saturated rings. The van der Waals surface area contributed by atoms with Gasteiger partial charge in [-0.3, -0.25) is 10.1 Å². The number of amides is 1. The minimum absolute atomic E-state index is 0.0300. The highest BCUT2D eigenvalue weighted by Gasteiger charge is 2.34. The maximum Gasteiger partial charge on any atom is 0.257 e. The van der Waals surface area contributed by atoms with Crippen molar-refractivity contribution in [2.75, 3.05) is 25.5 Å². The second kappa shape index (κ2) is 8.88. The molecule has 0 bridgehead atoms. The van der Waals surface area contributed by atoms with Crippen molar-refractivity contribution < 1.29 is 17.9 Å². The number of fused-ring (bicyclic) bond motifs is 1. The minimum atomic E-state index is -3.79. The topological polar surface area (TPSA) is 88.6 Å². The number of ether oxygens (including phenoxy) is 1. The first-order valence-electron chi connectivity index (χ1n) is 10.8. The SMILES string of the molecule is COc1ccc(C(=O)Nc2nc3c(s2)CCCC3)cc1S(=O)(=O)N1C[C@H](C)C[C@@H](C)C1. The van der Waals surface area contributed by atoms with Crippen molar-refractivity contribution in [3.05, 3.63) is 34.3 Å². The summed E-state index contributed by atoms with van der Waals surface area (Å²) in [6.07, 6.45) is 5.22. The number of methoxy groups -OCH3 is 1. The molecule has 7 nitrogen and oxygen atoms in total. The lowest BCUT2D eigenvalue weighted by Crippen LogP contribution is -2.42. The van der Waals surface area contributed by atoms with Gasteiger partial charge in [0.25, 0.3) is 5.91 Å². The Morgan fingerprint density at radius 3 is 2.58 bits per heavy atom. The van der Waals surface area contributed by atoms with Gasteiger partial charge in [0, 0.05) is 23.5 Å². The van der Waals surface area contributed by atoms with Crippen molar-refractivity contribution in [2.24, 2.45) is 11.8 Å². The molecule has 1 saturated heterocycles. The van der Waals surface area contributed by atoms with E-state index in [9.17, 15) is 13.2 Å². The fourth-order valence-electron chi connectivity index (χ4n) is 4.54. The average molecular weight is 464 g/mol. The Morgan fingerprint density at radius 1 is 1.19 bits per heavy atom. The number of sulfonamides is 1. The van der Waals surface area contributed by atoms with Gasteiger partial charge in [0.05, 0.1) is 12.8 Å². The Morgan fingerprint density at radius 2 is 1.90 bits per heavy atom. The number of hydrogen-bond donors (Lipinski definition) is 1. The molecule has 1 aliphatic carbocycles. The van der Waals surface area contributed by atoms with Crippen molar-refractivity contribution in [2.45, 2.75) is 50.8 Å². The van der Waals surface area contributed by atoms with Crippen LogP contribution < -0.4 is 10.1 Å². The number of aryl methyl sites for hydroxylation is 2. The summed E-state index contributed by atoms with van der Waals surface area (Å²) < 4.78 is 33.7. The summed E-state index contributed by atoms with van der Waals surface area (Å²) in [6, 6.07) is 4.55. The van der Waals surface area contributed by atoms with Gasteiger partial charge in [0.1, 0.15) is 10.6 Å². The number of benzene rings is 1. The molecule has 1 N–H and O–H groups in total. The molecular formula is C22H29N3O4S2. The second-order valence-corrected chi connectivity index (χ2v) is 11.7. The van der Waals surface area contributed by atoms with Gasteiger partial charge < -0.3 is 4.74 Å². The van der Waals surface area contributed by atoms with E-state index in [2.05, 4.69) is 24.1 Å². The van der Waals surface area contributed by atoms with E-state index in [4.69, 9.17) is 4.74 Å². The van der Waals surface area contributed by atoms with Crippen LogP contribution in [0.3, 0.4) is 0 Å². The van der Waals surface area contributed by atoms with Crippen LogP contribution >= 0.6 is 11.3 Å². The Kier molecular flexibility index (Phi) is 6.37. The standard InChI is InChI=1S/C22H29N3O4S2/c1-14-10-15(2)13-25(12-14)31(27,28)20-11-16(8-9-18(20)29-3)21(26)24-22-23-17-6-4-5-7-19(17)30-22/h8-9,11,14-15H,4-7,10,12-13H2,1-3H3,(H,23,24,26)/t14-,15-/m1/s1. The molecular weight excluding hydrogens is 434 g/mol. The van der Waals surface area contributed by atoms with E-state index in [0.717, 1.165) is 37.8 Å². The lowest BCUT2D eigenvalue weighted by atomic mass is 9.94. The number of nitrogens with zero attached hydrogens (tertiary/aromatic N) is 2. The Balaban J connectivity index is 1.61. The van der Waals surface area contributed by atoms with Crippen LogP contribution in [0.1, 0.15) is 54.0 Å². The van der Waals surface area contributed by atoms with E-state index in [-0.39, 0.29) is 34.0 Å². The van der Waals surface area contributed by atoms with E-state index in [1.807, 2.05) is 0 Å². The minimum Gasteiger partial charge on any atom is -0.495 e. The van der Waals surface area contributed by atoms with Gasteiger partial charge in [-0.1, -0.05) is 13.8 Å². The maximum absolute atomic E-state index is 13.4. The van der Waals surface area contributed by atoms with Crippen LogP contribution in [-0.4, -0.2) is 43.8 Å². The van der Waals surface area contributed by atoms with Crippen LogP contribution in [0.15, 0.2) is 23.1 Å². The van der Waals surface area contributed by atoms with E-state index in [0.29, 0.717) is 18.2 Å². The molecule has 2 heterocycles. The van der Waals surface area contributed by atoms with Gasteiger partial charge in [0.15, 0.2) is 5.13 Å². The molecule has 2 aliphatic rings. The number of aromatic nitrogens is 1. The van der Waals surface area contributed by atoms with Gasteiger partial charge in [0.2, 0.25) is 10.0 Å². The Bertz CT molecular complexity index is 1050. The number of carbonyl (C=O) groups excluding carboxylic acids is 1. The smallest absolute Gasteiger partial charge is 0.257 e. The van der Waals surface area contributed by atoms with Crippen molar-refractivity contribution >= 4 is 32.4 Å². The van der Waals surface area contributed by atoms with E-state index < -0.39 is 10.0 Å². The fraction of sp³-hybridized carbons (Fsp3) is 0.545. The molecule has 2 atom stereocenters.